The second-order valence-electron chi connectivity index (χ2n) is 7.00. The number of para-hydroxylation sites is 1. The summed E-state index contributed by atoms with van der Waals surface area (Å²) < 4.78 is 7.45. The van der Waals surface area contributed by atoms with E-state index in [0.717, 1.165) is 33.5 Å². The van der Waals surface area contributed by atoms with E-state index in [-0.39, 0.29) is 0 Å². The minimum absolute atomic E-state index is 0.447. The molecule has 7 heteroatoms. The lowest BCUT2D eigenvalue weighted by atomic mass is 10.1. The molecule has 5 aromatic rings. The van der Waals surface area contributed by atoms with Crippen molar-refractivity contribution in [3.63, 3.8) is 0 Å². The Hall–Kier alpha value is -3.97. The molecule has 0 unspecified atom stereocenters. The number of nitrogens with zero attached hydrogens (tertiary/aromatic N) is 4. The molecule has 0 aliphatic heterocycles. The second-order valence-corrected chi connectivity index (χ2v) is 7.86. The van der Waals surface area contributed by atoms with Crippen LogP contribution in [0.25, 0.3) is 27.6 Å². The Kier molecular flexibility index (Phi) is 4.93. The number of nitrogens with two attached hydrogens (primary N) is 1. The van der Waals surface area contributed by atoms with Gasteiger partial charge in [-0.05, 0) is 48.9 Å². The third-order valence-corrected chi connectivity index (χ3v) is 5.74. The number of anilines is 1. The first-order valence-electron chi connectivity index (χ1n) is 9.75. The zero-order chi connectivity index (χ0) is 21.2. The van der Waals surface area contributed by atoms with Crippen molar-refractivity contribution in [3.8, 4) is 39.1 Å². The molecule has 0 atom stereocenters. The van der Waals surface area contributed by atoms with Crippen LogP contribution in [0.1, 0.15) is 5.56 Å². The lowest BCUT2D eigenvalue weighted by Crippen LogP contribution is -2.02. The highest BCUT2D eigenvalue weighted by Gasteiger charge is 2.17. The maximum Gasteiger partial charge on any atom is 0.165 e. The van der Waals surface area contributed by atoms with Crippen LogP contribution >= 0.6 is 11.3 Å². The van der Waals surface area contributed by atoms with Gasteiger partial charge in [0.05, 0.1) is 11.4 Å². The topological polar surface area (TPSA) is 78.8 Å². The number of aryl methyl sites for hydroxylation is 1. The van der Waals surface area contributed by atoms with Gasteiger partial charge in [-0.2, -0.15) is 4.68 Å². The molecule has 3 aromatic carbocycles. The molecule has 0 saturated carbocycles. The van der Waals surface area contributed by atoms with Gasteiger partial charge in [-0.1, -0.05) is 47.7 Å². The summed E-state index contributed by atoms with van der Waals surface area (Å²) in [5.74, 6) is 1.96. The van der Waals surface area contributed by atoms with Crippen molar-refractivity contribution in [2.45, 2.75) is 6.92 Å². The van der Waals surface area contributed by atoms with E-state index >= 15 is 0 Å². The Balaban J connectivity index is 1.40. The molecule has 0 saturated heterocycles. The van der Waals surface area contributed by atoms with E-state index in [9.17, 15) is 0 Å². The summed E-state index contributed by atoms with van der Waals surface area (Å²) in [6.45, 7) is 2.07. The number of hydrogen-bond acceptors (Lipinski definition) is 6. The van der Waals surface area contributed by atoms with Gasteiger partial charge in [-0.15, -0.1) is 16.4 Å². The predicted molar refractivity (Wildman–Crippen MR) is 124 cm³/mol. The van der Waals surface area contributed by atoms with E-state index in [1.54, 1.807) is 4.68 Å². The molecule has 0 amide bonds. The van der Waals surface area contributed by atoms with Crippen molar-refractivity contribution >= 4 is 17.2 Å². The van der Waals surface area contributed by atoms with Crippen LogP contribution in [-0.2, 0) is 0 Å². The second kappa shape index (κ2) is 8.04. The Bertz CT molecular complexity index is 1330. The molecule has 2 aromatic heterocycles. The van der Waals surface area contributed by atoms with Crippen molar-refractivity contribution < 1.29 is 4.74 Å². The molecule has 31 heavy (non-hydrogen) atoms. The summed E-state index contributed by atoms with van der Waals surface area (Å²) in [5, 5.41) is 11.3. The van der Waals surface area contributed by atoms with Gasteiger partial charge in [0.1, 0.15) is 16.5 Å². The van der Waals surface area contributed by atoms with Gasteiger partial charge in [0, 0.05) is 10.9 Å². The standard InChI is InChI=1S/C24H19N5OS/c1-16-7-5-6-10-20(16)21-15-31-24(26-21)22-23(25)29(28-27-22)17-11-13-19(14-12-17)30-18-8-3-2-4-9-18/h2-15H,25H2,1H3. The molecule has 0 bridgehead atoms. The van der Waals surface area contributed by atoms with Crippen LogP contribution in [0, 0.1) is 6.92 Å². The van der Waals surface area contributed by atoms with Crippen LogP contribution in [0.2, 0.25) is 0 Å². The van der Waals surface area contributed by atoms with Crippen LogP contribution in [0.4, 0.5) is 5.82 Å². The molecule has 0 radical (unpaired) electrons. The third kappa shape index (κ3) is 3.78. The fraction of sp³-hybridized carbons (Fsp3) is 0.0417. The number of benzene rings is 3. The van der Waals surface area contributed by atoms with Crippen molar-refractivity contribution in [1.29, 1.82) is 0 Å². The smallest absolute Gasteiger partial charge is 0.165 e. The summed E-state index contributed by atoms with van der Waals surface area (Å²) in [4.78, 5) is 4.74. The number of thiazole rings is 1. The van der Waals surface area contributed by atoms with Crippen molar-refractivity contribution in [3.05, 3.63) is 89.8 Å². The fourth-order valence-corrected chi connectivity index (χ4v) is 4.09. The van der Waals surface area contributed by atoms with Crippen molar-refractivity contribution in [2.24, 2.45) is 0 Å². The number of ether oxygens (including phenoxy) is 1. The zero-order valence-electron chi connectivity index (χ0n) is 16.8. The predicted octanol–water partition coefficient (Wildman–Crippen LogP) is 5.74. The summed E-state index contributed by atoms with van der Waals surface area (Å²) in [6.07, 6.45) is 0. The molecular formula is C24H19N5OS. The first-order chi connectivity index (χ1) is 15.2. The van der Waals surface area contributed by atoms with Crippen LogP contribution in [0.15, 0.2) is 84.2 Å². The summed E-state index contributed by atoms with van der Waals surface area (Å²) in [5.41, 5.74) is 10.9. The monoisotopic (exact) mass is 425 g/mol. The SMILES string of the molecule is Cc1ccccc1-c1csc(-c2nnn(-c3ccc(Oc4ccccc4)cc3)c2N)n1. The highest BCUT2D eigenvalue weighted by atomic mass is 32.1. The Morgan fingerprint density at radius 1 is 0.871 bits per heavy atom. The summed E-state index contributed by atoms with van der Waals surface area (Å²) in [7, 11) is 0. The minimum Gasteiger partial charge on any atom is -0.457 e. The normalized spacial score (nSPS) is 10.9. The van der Waals surface area contributed by atoms with Gasteiger partial charge in [0.25, 0.3) is 0 Å². The highest BCUT2D eigenvalue weighted by molar-refractivity contribution is 7.13. The van der Waals surface area contributed by atoms with E-state index in [4.69, 9.17) is 15.5 Å². The molecule has 0 aliphatic rings. The van der Waals surface area contributed by atoms with Crippen molar-refractivity contribution in [2.75, 3.05) is 5.73 Å². The first kappa shape index (κ1) is 19.0. The Morgan fingerprint density at radius 3 is 2.35 bits per heavy atom. The first-order valence-corrected chi connectivity index (χ1v) is 10.6. The molecular weight excluding hydrogens is 406 g/mol. The highest BCUT2D eigenvalue weighted by Crippen LogP contribution is 2.33. The summed E-state index contributed by atoms with van der Waals surface area (Å²) >= 11 is 1.51. The van der Waals surface area contributed by atoms with E-state index in [1.165, 1.54) is 16.9 Å². The number of aromatic nitrogens is 4. The average Bonchev–Trinajstić information content (AvgIpc) is 3.42. The van der Waals surface area contributed by atoms with Gasteiger partial charge in [0.15, 0.2) is 11.5 Å². The van der Waals surface area contributed by atoms with E-state index in [0.29, 0.717) is 11.5 Å². The van der Waals surface area contributed by atoms with E-state index < -0.39 is 0 Å². The minimum atomic E-state index is 0.447. The van der Waals surface area contributed by atoms with Crippen molar-refractivity contribution in [1.82, 2.24) is 20.0 Å². The van der Waals surface area contributed by atoms with Crippen LogP contribution in [-0.4, -0.2) is 20.0 Å². The largest absolute Gasteiger partial charge is 0.457 e. The molecule has 2 heterocycles. The fourth-order valence-electron chi connectivity index (χ4n) is 3.28. The average molecular weight is 426 g/mol. The maximum absolute atomic E-state index is 6.38. The molecule has 6 nitrogen and oxygen atoms in total. The number of rotatable bonds is 5. The molecule has 5 rings (SSSR count). The van der Waals surface area contributed by atoms with Crippen LogP contribution < -0.4 is 10.5 Å². The summed E-state index contributed by atoms with van der Waals surface area (Å²) in [6, 6.07) is 25.4. The van der Waals surface area contributed by atoms with Crippen LogP contribution in [0.5, 0.6) is 11.5 Å². The molecule has 2 N–H and O–H groups in total. The van der Waals surface area contributed by atoms with Gasteiger partial charge < -0.3 is 10.5 Å². The van der Waals surface area contributed by atoms with E-state index in [1.807, 2.05) is 72.1 Å². The van der Waals surface area contributed by atoms with E-state index in [2.05, 4.69) is 29.4 Å². The zero-order valence-corrected chi connectivity index (χ0v) is 17.6. The number of hydrogen-bond donors (Lipinski definition) is 1. The molecule has 0 fully saturated rings. The lowest BCUT2D eigenvalue weighted by molar-refractivity contribution is 0.482. The maximum atomic E-state index is 6.38. The van der Waals surface area contributed by atoms with Gasteiger partial charge in [-0.25, -0.2) is 4.98 Å². The third-order valence-electron chi connectivity index (χ3n) is 4.89. The van der Waals surface area contributed by atoms with Gasteiger partial charge >= 0.3 is 0 Å². The Morgan fingerprint density at radius 2 is 1.58 bits per heavy atom. The van der Waals surface area contributed by atoms with Gasteiger partial charge in [0.2, 0.25) is 0 Å². The van der Waals surface area contributed by atoms with Crippen LogP contribution in [0.3, 0.4) is 0 Å². The lowest BCUT2D eigenvalue weighted by Gasteiger charge is -2.07. The molecule has 0 aliphatic carbocycles. The Labute approximate surface area is 183 Å². The molecule has 0 spiro atoms. The van der Waals surface area contributed by atoms with Gasteiger partial charge in [-0.3, -0.25) is 0 Å². The quantitative estimate of drug-likeness (QED) is 0.388. The number of nitrogen functional groups attached to an aromatic ring is 1. The molecule has 152 valence electrons.